The van der Waals surface area contributed by atoms with Crippen molar-refractivity contribution in [1.29, 1.82) is 0 Å². The van der Waals surface area contributed by atoms with Crippen LogP contribution in [0.1, 0.15) is 64.0 Å². The summed E-state index contributed by atoms with van der Waals surface area (Å²) < 4.78 is 6.19. The Hall–Kier alpha value is -1.02. The molecule has 0 saturated heterocycles. The first kappa shape index (κ1) is 14.4. The smallest absolute Gasteiger partial charge is 0.119 e. The molecule has 0 aromatic heterocycles. The maximum atomic E-state index is 6.19. The minimum Gasteiger partial charge on any atom is -0.490 e. The molecule has 0 radical (unpaired) electrons. The van der Waals surface area contributed by atoms with Gasteiger partial charge < -0.3 is 10.5 Å². The third-order valence-corrected chi connectivity index (χ3v) is 4.40. The van der Waals surface area contributed by atoms with Crippen LogP contribution in [-0.2, 0) is 0 Å². The average molecular weight is 261 g/mol. The predicted octanol–water partition coefficient (Wildman–Crippen LogP) is 4.44. The Morgan fingerprint density at radius 3 is 2.47 bits per heavy atom. The van der Waals surface area contributed by atoms with Crippen LogP contribution in [0.3, 0.4) is 0 Å². The predicted molar refractivity (Wildman–Crippen MR) is 80.3 cm³/mol. The molecule has 2 nitrogen and oxygen atoms in total. The van der Waals surface area contributed by atoms with Gasteiger partial charge in [-0.3, -0.25) is 0 Å². The molecule has 1 aromatic carbocycles. The minimum absolute atomic E-state index is 0.145. The Balaban J connectivity index is 1.98. The van der Waals surface area contributed by atoms with Crippen LogP contribution >= 0.6 is 0 Å². The molecule has 2 rings (SSSR count). The van der Waals surface area contributed by atoms with E-state index in [-0.39, 0.29) is 6.04 Å². The fourth-order valence-electron chi connectivity index (χ4n) is 3.00. The summed E-state index contributed by atoms with van der Waals surface area (Å²) >= 11 is 0. The van der Waals surface area contributed by atoms with Gasteiger partial charge in [-0.2, -0.15) is 0 Å². The molecule has 0 aliphatic heterocycles. The summed E-state index contributed by atoms with van der Waals surface area (Å²) in [7, 11) is 0. The van der Waals surface area contributed by atoms with Crippen LogP contribution in [0.15, 0.2) is 24.3 Å². The molecule has 0 amide bonds. The lowest BCUT2D eigenvalue weighted by atomic mass is 9.85. The van der Waals surface area contributed by atoms with Crippen molar-refractivity contribution in [3.05, 3.63) is 29.8 Å². The Kier molecular flexibility index (Phi) is 5.26. The molecular weight excluding hydrogens is 234 g/mol. The van der Waals surface area contributed by atoms with Crippen molar-refractivity contribution in [1.82, 2.24) is 0 Å². The van der Waals surface area contributed by atoms with Crippen molar-refractivity contribution >= 4 is 0 Å². The van der Waals surface area contributed by atoms with Gasteiger partial charge in [0.15, 0.2) is 0 Å². The molecule has 1 aliphatic rings. The third kappa shape index (κ3) is 3.73. The van der Waals surface area contributed by atoms with Crippen LogP contribution in [0.2, 0.25) is 0 Å². The van der Waals surface area contributed by atoms with Gasteiger partial charge in [-0.1, -0.05) is 32.4 Å². The number of benzene rings is 1. The summed E-state index contributed by atoms with van der Waals surface area (Å²) in [4.78, 5) is 0. The number of rotatable bonds is 5. The van der Waals surface area contributed by atoms with Crippen LogP contribution in [-0.4, -0.2) is 6.10 Å². The maximum Gasteiger partial charge on any atom is 0.119 e. The highest BCUT2D eigenvalue weighted by Gasteiger charge is 2.25. The second kappa shape index (κ2) is 6.95. The van der Waals surface area contributed by atoms with E-state index in [1.165, 1.54) is 37.7 Å². The van der Waals surface area contributed by atoms with Gasteiger partial charge in [-0.05, 0) is 55.7 Å². The first-order chi connectivity index (χ1) is 9.24. The van der Waals surface area contributed by atoms with Crippen molar-refractivity contribution in [2.45, 2.75) is 64.5 Å². The Bertz CT molecular complexity index is 373. The van der Waals surface area contributed by atoms with E-state index in [0.717, 1.165) is 18.1 Å². The molecule has 2 unspecified atom stereocenters. The zero-order valence-corrected chi connectivity index (χ0v) is 12.3. The Morgan fingerprint density at radius 2 is 1.84 bits per heavy atom. The quantitative estimate of drug-likeness (QED) is 0.850. The van der Waals surface area contributed by atoms with Crippen molar-refractivity contribution in [2.24, 2.45) is 11.7 Å². The van der Waals surface area contributed by atoms with Gasteiger partial charge in [-0.25, -0.2) is 0 Å². The first-order valence-corrected chi connectivity index (χ1v) is 7.76. The third-order valence-electron chi connectivity index (χ3n) is 4.40. The summed E-state index contributed by atoms with van der Waals surface area (Å²) in [6.07, 6.45) is 7.80. The topological polar surface area (TPSA) is 35.2 Å². The van der Waals surface area contributed by atoms with E-state index in [9.17, 15) is 0 Å². The fraction of sp³-hybridized carbons (Fsp3) is 0.647. The van der Waals surface area contributed by atoms with E-state index >= 15 is 0 Å². The summed E-state index contributed by atoms with van der Waals surface area (Å²) in [6, 6.07) is 8.51. The van der Waals surface area contributed by atoms with Crippen LogP contribution in [0.4, 0.5) is 0 Å². The monoisotopic (exact) mass is 261 g/mol. The molecule has 2 N–H and O–H groups in total. The second-order valence-corrected chi connectivity index (χ2v) is 5.69. The summed E-state index contributed by atoms with van der Waals surface area (Å²) in [5.74, 6) is 1.73. The Labute approximate surface area is 117 Å². The van der Waals surface area contributed by atoms with Gasteiger partial charge in [0.25, 0.3) is 0 Å². The fourth-order valence-corrected chi connectivity index (χ4v) is 3.00. The number of hydrogen-bond donors (Lipinski definition) is 1. The zero-order valence-electron chi connectivity index (χ0n) is 12.3. The van der Waals surface area contributed by atoms with E-state index in [4.69, 9.17) is 10.5 Å². The van der Waals surface area contributed by atoms with E-state index in [1.807, 2.05) is 0 Å². The molecule has 1 aromatic rings. The summed E-state index contributed by atoms with van der Waals surface area (Å²) in [5, 5.41) is 0. The summed E-state index contributed by atoms with van der Waals surface area (Å²) in [6.45, 7) is 4.39. The lowest BCUT2D eigenvalue weighted by Gasteiger charge is -2.31. The standard InChI is InChI=1S/C17H27NO/c1-3-13-7-5-6-8-17(13)19-15-11-9-14(10-12-15)16(18)4-2/h9-13,16-17H,3-8,18H2,1-2H3/t13?,16-,17?/m0/s1. The normalized spacial score (nSPS) is 25.0. The Morgan fingerprint density at radius 1 is 1.16 bits per heavy atom. The van der Waals surface area contributed by atoms with Crippen LogP contribution in [0, 0.1) is 5.92 Å². The van der Waals surface area contributed by atoms with Gasteiger partial charge in [0.2, 0.25) is 0 Å². The molecule has 2 heteroatoms. The first-order valence-electron chi connectivity index (χ1n) is 7.76. The molecule has 1 fully saturated rings. The van der Waals surface area contributed by atoms with E-state index in [0.29, 0.717) is 6.10 Å². The van der Waals surface area contributed by atoms with Gasteiger partial charge in [0.1, 0.15) is 11.9 Å². The van der Waals surface area contributed by atoms with E-state index in [1.54, 1.807) is 0 Å². The molecule has 1 aliphatic carbocycles. The van der Waals surface area contributed by atoms with Crippen molar-refractivity contribution in [3.8, 4) is 5.75 Å². The molecular formula is C17H27NO. The largest absolute Gasteiger partial charge is 0.490 e. The highest BCUT2D eigenvalue weighted by Crippen LogP contribution is 2.30. The highest BCUT2D eigenvalue weighted by molar-refractivity contribution is 5.29. The molecule has 0 spiro atoms. The number of nitrogens with two attached hydrogens (primary N) is 1. The van der Waals surface area contributed by atoms with Crippen LogP contribution < -0.4 is 10.5 Å². The molecule has 3 atom stereocenters. The van der Waals surface area contributed by atoms with Gasteiger partial charge in [0, 0.05) is 6.04 Å². The maximum absolute atomic E-state index is 6.19. The van der Waals surface area contributed by atoms with Crippen molar-refractivity contribution in [2.75, 3.05) is 0 Å². The average Bonchev–Trinajstić information content (AvgIpc) is 2.48. The molecule has 1 saturated carbocycles. The highest BCUT2D eigenvalue weighted by atomic mass is 16.5. The SMILES string of the molecule is CCC1CCCCC1Oc1ccc([C@@H](N)CC)cc1. The zero-order chi connectivity index (χ0) is 13.7. The number of ether oxygens (including phenoxy) is 1. The summed E-state index contributed by atoms with van der Waals surface area (Å²) in [5.41, 5.74) is 7.23. The number of hydrogen-bond acceptors (Lipinski definition) is 2. The van der Waals surface area contributed by atoms with E-state index in [2.05, 4.69) is 38.1 Å². The van der Waals surface area contributed by atoms with Crippen molar-refractivity contribution in [3.63, 3.8) is 0 Å². The van der Waals surface area contributed by atoms with Gasteiger partial charge in [0.05, 0.1) is 0 Å². The van der Waals surface area contributed by atoms with Crippen molar-refractivity contribution < 1.29 is 4.74 Å². The molecule has 0 bridgehead atoms. The van der Waals surface area contributed by atoms with Gasteiger partial charge in [-0.15, -0.1) is 0 Å². The lowest BCUT2D eigenvalue weighted by molar-refractivity contribution is 0.0904. The molecule has 106 valence electrons. The second-order valence-electron chi connectivity index (χ2n) is 5.69. The van der Waals surface area contributed by atoms with Crippen LogP contribution in [0.5, 0.6) is 5.75 Å². The lowest BCUT2D eigenvalue weighted by Crippen LogP contribution is -2.29. The minimum atomic E-state index is 0.145. The van der Waals surface area contributed by atoms with Gasteiger partial charge >= 0.3 is 0 Å². The van der Waals surface area contributed by atoms with Crippen LogP contribution in [0.25, 0.3) is 0 Å². The van der Waals surface area contributed by atoms with E-state index < -0.39 is 0 Å². The molecule has 0 heterocycles. The molecule has 19 heavy (non-hydrogen) atoms.